The van der Waals surface area contributed by atoms with Crippen LogP contribution in [-0.2, 0) is 12.6 Å². The maximum atomic E-state index is 12.3. The van der Waals surface area contributed by atoms with Gasteiger partial charge in [-0.25, -0.2) is 0 Å². The van der Waals surface area contributed by atoms with E-state index in [1.54, 1.807) is 0 Å². The molecule has 1 aromatic rings. The molecular formula is C13H19F3N2. The highest BCUT2D eigenvalue weighted by Crippen LogP contribution is 2.29. The molecule has 0 amide bonds. The molecule has 0 bridgehead atoms. The van der Waals surface area contributed by atoms with Gasteiger partial charge in [0.25, 0.3) is 0 Å². The number of rotatable bonds is 7. The Kier molecular flexibility index (Phi) is 6.15. The van der Waals surface area contributed by atoms with Gasteiger partial charge in [0.15, 0.2) is 0 Å². The first-order valence-corrected chi connectivity index (χ1v) is 6.11. The smallest absolute Gasteiger partial charge is 0.316 e. The van der Waals surface area contributed by atoms with Crippen molar-refractivity contribution >= 4 is 0 Å². The molecule has 0 unspecified atom stereocenters. The number of nitrogens with one attached hydrogen (secondary N) is 2. The quantitative estimate of drug-likeness (QED) is 0.736. The Hall–Kier alpha value is -1.07. The lowest BCUT2D eigenvalue weighted by atomic mass is 10.1. The SMILES string of the molecule is CCNCCNCCc1ccc(C(F)(F)F)cc1. The topological polar surface area (TPSA) is 24.1 Å². The molecule has 0 saturated carbocycles. The molecule has 0 spiro atoms. The summed E-state index contributed by atoms with van der Waals surface area (Å²) >= 11 is 0. The van der Waals surface area contributed by atoms with Crippen LogP contribution in [0.5, 0.6) is 0 Å². The van der Waals surface area contributed by atoms with Crippen molar-refractivity contribution in [1.29, 1.82) is 0 Å². The van der Waals surface area contributed by atoms with E-state index in [-0.39, 0.29) is 0 Å². The van der Waals surface area contributed by atoms with Crippen molar-refractivity contribution in [3.05, 3.63) is 35.4 Å². The number of likely N-dealkylation sites (N-methyl/N-ethyl adjacent to an activating group) is 1. The first-order valence-electron chi connectivity index (χ1n) is 6.11. The Morgan fingerprint density at radius 1 is 0.944 bits per heavy atom. The number of alkyl halides is 3. The second-order valence-electron chi connectivity index (χ2n) is 4.05. The zero-order valence-corrected chi connectivity index (χ0v) is 10.5. The van der Waals surface area contributed by atoms with Crippen LogP contribution in [0.2, 0.25) is 0 Å². The highest BCUT2D eigenvalue weighted by molar-refractivity contribution is 5.24. The van der Waals surface area contributed by atoms with Crippen molar-refractivity contribution in [2.45, 2.75) is 19.5 Å². The standard InChI is InChI=1S/C13H19F3N2/c1-2-17-9-10-18-8-7-11-3-5-12(6-4-11)13(14,15)16/h3-6,17-18H,2,7-10H2,1H3. The van der Waals surface area contributed by atoms with E-state index in [0.717, 1.165) is 50.3 Å². The van der Waals surface area contributed by atoms with Crippen LogP contribution in [0.25, 0.3) is 0 Å². The first-order chi connectivity index (χ1) is 8.54. The van der Waals surface area contributed by atoms with Gasteiger partial charge in [0.05, 0.1) is 5.56 Å². The van der Waals surface area contributed by atoms with Crippen molar-refractivity contribution in [3.63, 3.8) is 0 Å². The molecule has 18 heavy (non-hydrogen) atoms. The molecule has 0 atom stereocenters. The van der Waals surface area contributed by atoms with Gasteiger partial charge in [0.1, 0.15) is 0 Å². The summed E-state index contributed by atoms with van der Waals surface area (Å²) in [5.74, 6) is 0. The van der Waals surface area contributed by atoms with Gasteiger partial charge in [-0.2, -0.15) is 13.2 Å². The summed E-state index contributed by atoms with van der Waals surface area (Å²) in [4.78, 5) is 0. The van der Waals surface area contributed by atoms with Gasteiger partial charge < -0.3 is 10.6 Å². The maximum Gasteiger partial charge on any atom is 0.416 e. The highest BCUT2D eigenvalue weighted by atomic mass is 19.4. The Labute approximate surface area is 106 Å². The lowest BCUT2D eigenvalue weighted by molar-refractivity contribution is -0.137. The van der Waals surface area contributed by atoms with E-state index >= 15 is 0 Å². The zero-order chi connectivity index (χ0) is 13.4. The molecule has 2 N–H and O–H groups in total. The Bertz CT molecular complexity index is 333. The minimum absolute atomic E-state index is 0.591. The molecule has 0 radical (unpaired) electrons. The van der Waals surface area contributed by atoms with Crippen molar-refractivity contribution in [2.24, 2.45) is 0 Å². The predicted octanol–water partition coefficient (Wildman–Crippen LogP) is 2.45. The predicted molar refractivity (Wildman–Crippen MR) is 66.6 cm³/mol. The third-order valence-electron chi connectivity index (χ3n) is 2.60. The molecule has 2 nitrogen and oxygen atoms in total. The van der Waals surface area contributed by atoms with Crippen LogP contribution in [0.1, 0.15) is 18.1 Å². The molecule has 0 saturated heterocycles. The van der Waals surface area contributed by atoms with Crippen LogP contribution in [0.15, 0.2) is 24.3 Å². The Balaban J connectivity index is 2.27. The maximum absolute atomic E-state index is 12.3. The molecule has 0 aromatic heterocycles. The third-order valence-corrected chi connectivity index (χ3v) is 2.60. The molecule has 5 heteroatoms. The van der Waals surface area contributed by atoms with E-state index < -0.39 is 11.7 Å². The van der Waals surface area contributed by atoms with Crippen LogP contribution < -0.4 is 10.6 Å². The molecule has 0 aliphatic rings. The average molecular weight is 260 g/mol. The molecule has 0 heterocycles. The van der Waals surface area contributed by atoms with Gasteiger partial charge in [-0.1, -0.05) is 19.1 Å². The number of hydrogen-bond acceptors (Lipinski definition) is 2. The molecule has 0 aliphatic carbocycles. The van der Waals surface area contributed by atoms with Crippen molar-refractivity contribution in [1.82, 2.24) is 10.6 Å². The van der Waals surface area contributed by atoms with Gasteiger partial charge in [-0.3, -0.25) is 0 Å². The fraction of sp³-hybridized carbons (Fsp3) is 0.538. The minimum Gasteiger partial charge on any atom is -0.316 e. The summed E-state index contributed by atoms with van der Waals surface area (Å²) in [5.41, 5.74) is 0.324. The van der Waals surface area contributed by atoms with E-state index in [4.69, 9.17) is 0 Å². The van der Waals surface area contributed by atoms with Crippen LogP contribution in [0, 0.1) is 0 Å². The number of halogens is 3. The monoisotopic (exact) mass is 260 g/mol. The van der Waals surface area contributed by atoms with Gasteiger partial charge in [0, 0.05) is 13.1 Å². The summed E-state index contributed by atoms with van der Waals surface area (Å²) in [5, 5.41) is 6.41. The van der Waals surface area contributed by atoms with Gasteiger partial charge in [-0.05, 0) is 37.2 Å². The summed E-state index contributed by atoms with van der Waals surface area (Å²) in [7, 11) is 0. The molecule has 1 aromatic carbocycles. The normalized spacial score (nSPS) is 11.8. The van der Waals surface area contributed by atoms with Gasteiger partial charge >= 0.3 is 6.18 Å². The molecular weight excluding hydrogens is 241 g/mol. The van der Waals surface area contributed by atoms with Crippen LogP contribution >= 0.6 is 0 Å². The van der Waals surface area contributed by atoms with E-state index in [1.165, 1.54) is 12.1 Å². The van der Waals surface area contributed by atoms with E-state index in [1.807, 2.05) is 6.92 Å². The Morgan fingerprint density at radius 3 is 2.11 bits per heavy atom. The second kappa shape index (κ2) is 7.38. The van der Waals surface area contributed by atoms with Crippen molar-refractivity contribution in [3.8, 4) is 0 Å². The van der Waals surface area contributed by atoms with Crippen LogP contribution in [0.3, 0.4) is 0 Å². The summed E-state index contributed by atoms with van der Waals surface area (Å²) < 4.78 is 37.0. The second-order valence-corrected chi connectivity index (χ2v) is 4.05. The summed E-state index contributed by atoms with van der Waals surface area (Å²) in [6.07, 6.45) is -3.51. The fourth-order valence-electron chi connectivity index (χ4n) is 1.57. The number of hydrogen-bond donors (Lipinski definition) is 2. The lowest BCUT2D eigenvalue weighted by Gasteiger charge is -2.08. The van der Waals surface area contributed by atoms with Gasteiger partial charge in [0.2, 0.25) is 0 Å². The highest BCUT2D eigenvalue weighted by Gasteiger charge is 2.29. The van der Waals surface area contributed by atoms with Crippen molar-refractivity contribution in [2.75, 3.05) is 26.2 Å². The summed E-state index contributed by atoms with van der Waals surface area (Å²) in [6.45, 7) is 5.54. The molecule has 0 aliphatic heterocycles. The van der Waals surface area contributed by atoms with Crippen LogP contribution in [0.4, 0.5) is 13.2 Å². The van der Waals surface area contributed by atoms with E-state index in [0.29, 0.717) is 0 Å². The van der Waals surface area contributed by atoms with Crippen molar-refractivity contribution < 1.29 is 13.2 Å². The minimum atomic E-state index is -4.25. The zero-order valence-electron chi connectivity index (χ0n) is 10.5. The van der Waals surface area contributed by atoms with E-state index in [9.17, 15) is 13.2 Å². The van der Waals surface area contributed by atoms with Crippen LogP contribution in [-0.4, -0.2) is 26.2 Å². The van der Waals surface area contributed by atoms with Gasteiger partial charge in [-0.15, -0.1) is 0 Å². The largest absolute Gasteiger partial charge is 0.416 e. The lowest BCUT2D eigenvalue weighted by Crippen LogP contribution is -2.28. The molecule has 0 fully saturated rings. The molecule has 102 valence electrons. The first kappa shape index (κ1) is 15.0. The van der Waals surface area contributed by atoms with E-state index in [2.05, 4.69) is 10.6 Å². The number of benzene rings is 1. The Morgan fingerprint density at radius 2 is 1.56 bits per heavy atom. The fourth-order valence-corrected chi connectivity index (χ4v) is 1.57. The summed E-state index contributed by atoms with van der Waals surface area (Å²) in [6, 6.07) is 5.34. The average Bonchev–Trinajstić information content (AvgIpc) is 2.33. The molecule has 1 rings (SSSR count). The third kappa shape index (κ3) is 5.51.